The number of primary amides is 1. The molecule has 2 aromatic carbocycles. The smallest absolute Gasteiger partial charge is 0.248 e. The minimum Gasteiger partial charge on any atom is -0.366 e. The minimum absolute atomic E-state index is 0.106. The summed E-state index contributed by atoms with van der Waals surface area (Å²) in [7, 11) is 0. The highest BCUT2D eigenvalue weighted by atomic mass is 35.5. The van der Waals surface area contributed by atoms with Crippen LogP contribution < -0.4 is 5.73 Å². The number of benzene rings is 2. The minimum atomic E-state index is -0.683. The van der Waals surface area contributed by atoms with Crippen LogP contribution in [0.4, 0.5) is 4.39 Å². The maximum atomic E-state index is 13.9. The van der Waals surface area contributed by atoms with Gasteiger partial charge in [-0.2, -0.15) is 0 Å². The summed E-state index contributed by atoms with van der Waals surface area (Å²) in [4.78, 5) is 10.9. The van der Waals surface area contributed by atoms with Gasteiger partial charge < -0.3 is 5.73 Å². The van der Waals surface area contributed by atoms with Crippen molar-refractivity contribution in [1.82, 2.24) is 0 Å². The molecule has 0 aliphatic heterocycles. The number of nitrogens with two attached hydrogens (primary N) is 1. The van der Waals surface area contributed by atoms with E-state index in [2.05, 4.69) is 0 Å². The summed E-state index contributed by atoms with van der Waals surface area (Å²) in [5, 5.41) is 0.609. The summed E-state index contributed by atoms with van der Waals surface area (Å²) in [6.07, 6.45) is 0. The molecule has 0 fully saturated rings. The number of halogens is 3. The van der Waals surface area contributed by atoms with E-state index in [1.807, 2.05) is 0 Å². The zero-order valence-electron chi connectivity index (χ0n) is 9.08. The summed E-state index contributed by atoms with van der Waals surface area (Å²) >= 11 is 11.9. The first-order valence-electron chi connectivity index (χ1n) is 5.04. The summed E-state index contributed by atoms with van der Waals surface area (Å²) in [5.41, 5.74) is 5.92. The molecule has 5 heteroatoms. The third kappa shape index (κ3) is 2.33. The lowest BCUT2D eigenvalue weighted by atomic mass is 10.0. The van der Waals surface area contributed by atoms with E-state index in [-0.39, 0.29) is 16.1 Å². The molecule has 0 saturated heterocycles. The zero-order chi connectivity index (χ0) is 13.3. The van der Waals surface area contributed by atoms with Crippen molar-refractivity contribution in [3.05, 3.63) is 57.8 Å². The Kier molecular flexibility index (Phi) is 3.55. The lowest BCUT2D eigenvalue weighted by Gasteiger charge is -2.08. The van der Waals surface area contributed by atoms with Crippen LogP contribution in [0, 0.1) is 5.82 Å². The molecular formula is C13H8Cl2FNO. The molecule has 0 saturated carbocycles. The van der Waals surface area contributed by atoms with E-state index in [4.69, 9.17) is 28.9 Å². The molecular weight excluding hydrogens is 276 g/mol. The normalized spacial score (nSPS) is 10.4. The highest BCUT2D eigenvalue weighted by Crippen LogP contribution is 2.34. The van der Waals surface area contributed by atoms with Crippen molar-refractivity contribution in [3.63, 3.8) is 0 Å². The first-order chi connectivity index (χ1) is 8.50. The van der Waals surface area contributed by atoms with Gasteiger partial charge in [-0.3, -0.25) is 4.79 Å². The highest BCUT2D eigenvalue weighted by molar-refractivity contribution is 6.43. The maximum absolute atomic E-state index is 13.9. The monoisotopic (exact) mass is 283 g/mol. The van der Waals surface area contributed by atoms with Gasteiger partial charge in [0.05, 0.1) is 10.0 Å². The molecule has 0 unspecified atom stereocenters. The van der Waals surface area contributed by atoms with Gasteiger partial charge >= 0.3 is 0 Å². The number of hydrogen-bond donors (Lipinski definition) is 1. The van der Waals surface area contributed by atoms with Crippen LogP contribution in [0.1, 0.15) is 10.4 Å². The quantitative estimate of drug-likeness (QED) is 0.893. The Morgan fingerprint density at radius 2 is 1.83 bits per heavy atom. The Bertz CT molecular complexity index is 628. The highest BCUT2D eigenvalue weighted by Gasteiger charge is 2.12. The predicted molar refractivity (Wildman–Crippen MR) is 70.4 cm³/mol. The zero-order valence-corrected chi connectivity index (χ0v) is 10.6. The second kappa shape index (κ2) is 4.96. The first-order valence-corrected chi connectivity index (χ1v) is 5.80. The van der Waals surface area contributed by atoms with Crippen molar-refractivity contribution in [2.75, 3.05) is 0 Å². The lowest BCUT2D eigenvalue weighted by Crippen LogP contribution is -2.11. The van der Waals surface area contributed by atoms with Gasteiger partial charge in [0.25, 0.3) is 0 Å². The van der Waals surface area contributed by atoms with Gasteiger partial charge in [0, 0.05) is 16.7 Å². The molecule has 2 aromatic rings. The molecule has 0 aliphatic carbocycles. The van der Waals surface area contributed by atoms with Gasteiger partial charge in [-0.05, 0) is 18.2 Å². The Morgan fingerprint density at radius 1 is 1.11 bits per heavy atom. The summed E-state index contributed by atoms with van der Waals surface area (Å²) in [6, 6.07) is 8.91. The third-order valence-corrected chi connectivity index (χ3v) is 3.31. The average Bonchev–Trinajstić information content (AvgIpc) is 2.33. The molecule has 2 N–H and O–H groups in total. The van der Waals surface area contributed by atoms with Crippen LogP contribution in [-0.2, 0) is 0 Å². The molecule has 0 bridgehead atoms. The number of amides is 1. The molecule has 0 aromatic heterocycles. The second-order valence-corrected chi connectivity index (χ2v) is 4.45. The van der Waals surface area contributed by atoms with Crippen LogP contribution in [0.15, 0.2) is 36.4 Å². The van der Waals surface area contributed by atoms with E-state index in [0.29, 0.717) is 10.6 Å². The van der Waals surface area contributed by atoms with Crippen LogP contribution in [0.2, 0.25) is 10.0 Å². The summed E-state index contributed by atoms with van der Waals surface area (Å²) in [6.45, 7) is 0. The van der Waals surface area contributed by atoms with Crippen molar-refractivity contribution < 1.29 is 9.18 Å². The van der Waals surface area contributed by atoms with Crippen LogP contribution in [-0.4, -0.2) is 5.91 Å². The van der Waals surface area contributed by atoms with Gasteiger partial charge in [-0.1, -0.05) is 41.4 Å². The van der Waals surface area contributed by atoms with Crippen molar-refractivity contribution in [2.24, 2.45) is 5.73 Å². The summed E-state index contributed by atoms with van der Waals surface area (Å²) < 4.78 is 13.9. The molecule has 2 nitrogen and oxygen atoms in total. The van der Waals surface area contributed by atoms with Crippen molar-refractivity contribution in [2.45, 2.75) is 0 Å². The van der Waals surface area contributed by atoms with Crippen LogP contribution in [0.5, 0.6) is 0 Å². The molecule has 1 amide bonds. The van der Waals surface area contributed by atoms with Gasteiger partial charge in [0.1, 0.15) is 5.82 Å². The van der Waals surface area contributed by atoms with E-state index < -0.39 is 11.7 Å². The van der Waals surface area contributed by atoms with Gasteiger partial charge in [-0.15, -0.1) is 0 Å². The molecule has 18 heavy (non-hydrogen) atoms. The van der Waals surface area contributed by atoms with E-state index in [9.17, 15) is 9.18 Å². The third-order valence-electron chi connectivity index (χ3n) is 2.50. The Morgan fingerprint density at radius 3 is 2.44 bits per heavy atom. The van der Waals surface area contributed by atoms with E-state index in [0.717, 1.165) is 6.07 Å². The maximum Gasteiger partial charge on any atom is 0.248 e. The fourth-order valence-corrected chi connectivity index (χ4v) is 2.00. The number of hydrogen-bond acceptors (Lipinski definition) is 1. The second-order valence-electron chi connectivity index (χ2n) is 3.66. The SMILES string of the molecule is NC(=O)c1ccc(-c2cccc(Cl)c2Cl)c(F)c1. The predicted octanol–water partition coefficient (Wildman–Crippen LogP) is 3.90. The van der Waals surface area contributed by atoms with E-state index in [1.165, 1.54) is 12.1 Å². The van der Waals surface area contributed by atoms with Gasteiger partial charge in [-0.25, -0.2) is 4.39 Å². The van der Waals surface area contributed by atoms with Gasteiger partial charge in [0.15, 0.2) is 0 Å². The molecule has 0 aliphatic rings. The first kappa shape index (κ1) is 12.9. The van der Waals surface area contributed by atoms with Crippen molar-refractivity contribution >= 4 is 29.1 Å². The fourth-order valence-electron chi connectivity index (χ4n) is 1.60. The average molecular weight is 284 g/mol. The van der Waals surface area contributed by atoms with E-state index >= 15 is 0 Å². The molecule has 0 spiro atoms. The number of carbonyl (C=O) groups is 1. The summed E-state index contributed by atoms with van der Waals surface area (Å²) in [5.74, 6) is -1.26. The largest absolute Gasteiger partial charge is 0.366 e. The van der Waals surface area contributed by atoms with Crippen molar-refractivity contribution in [1.29, 1.82) is 0 Å². The van der Waals surface area contributed by atoms with E-state index in [1.54, 1.807) is 18.2 Å². The van der Waals surface area contributed by atoms with Crippen LogP contribution in [0.25, 0.3) is 11.1 Å². The van der Waals surface area contributed by atoms with Gasteiger partial charge in [0.2, 0.25) is 5.91 Å². The Hall–Kier alpha value is -1.58. The lowest BCUT2D eigenvalue weighted by molar-refractivity contribution is 0.1000. The van der Waals surface area contributed by atoms with Crippen LogP contribution >= 0.6 is 23.2 Å². The molecule has 2 rings (SSSR count). The van der Waals surface area contributed by atoms with Crippen LogP contribution in [0.3, 0.4) is 0 Å². The molecule has 0 atom stereocenters. The molecule has 92 valence electrons. The Labute approximate surface area is 113 Å². The Balaban J connectivity index is 2.58. The fraction of sp³-hybridized carbons (Fsp3) is 0. The standard InChI is InChI=1S/C13H8Cl2FNO/c14-10-3-1-2-9(12(10)15)8-5-4-7(13(17)18)6-11(8)16/h1-6H,(H2,17,18). The number of carbonyl (C=O) groups excluding carboxylic acids is 1. The van der Waals surface area contributed by atoms with Crippen molar-refractivity contribution in [3.8, 4) is 11.1 Å². The topological polar surface area (TPSA) is 43.1 Å². The molecule has 0 radical (unpaired) electrons. The number of rotatable bonds is 2. The molecule has 0 heterocycles.